The fourth-order valence-corrected chi connectivity index (χ4v) is 1.99. The Labute approximate surface area is 110 Å². The molecule has 17 heavy (non-hydrogen) atoms. The molecular weight excluding hydrogens is 288 g/mol. The highest BCUT2D eigenvalue weighted by atomic mass is 79.9. The number of hydrogen-bond donors (Lipinski definition) is 0. The van der Waals surface area contributed by atoms with Gasteiger partial charge in [-0.3, -0.25) is 4.79 Å². The van der Waals surface area contributed by atoms with E-state index >= 15 is 0 Å². The van der Waals surface area contributed by atoms with E-state index in [1.165, 1.54) is 7.11 Å². The molecule has 1 unspecified atom stereocenters. The summed E-state index contributed by atoms with van der Waals surface area (Å²) in [6.07, 6.45) is -0.323. The third kappa shape index (κ3) is 3.59. The summed E-state index contributed by atoms with van der Waals surface area (Å²) in [6.45, 7) is 6.22. The zero-order chi connectivity index (χ0) is 13.0. The molecule has 0 aliphatic carbocycles. The Morgan fingerprint density at radius 3 is 2.00 bits per heavy atom. The minimum Gasteiger partial charge on any atom is -0.453 e. The van der Waals surface area contributed by atoms with E-state index in [1.54, 1.807) is 9.80 Å². The molecule has 1 fully saturated rings. The van der Waals surface area contributed by atoms with Gasteiger partial charge in [0.25, 0.3) is 0 Å². The Bertz CT molecular complexity index is 288. The van der Waals surface area contributed by atoms with Crippen LogP contribution in [-0.2, 0) is 9.53 Å². The van der Waals surface area contributed by atoms with Crippen molar-refractivity contribution in [3.63, 3.8) is 0 Å². The van der Waals surface area contributed by atoms with Gasteiger partial charge < -0.3 is 14.5 Å². The summed E-state index contributed by atoms with van der Waals surface area (Å²) in [5.41, 5.74) is 0. The van der Waals surface area contributed by atoms with Crippen molar-refractivity contribution in [1.29, 1.82) is 0 Å². The van der Waals surface area contributed by atoms with Crippen molar-refractivity contribution in [2.24, 2.45) is 5.92 Å². The van der Waals surface area contributed by atoms with E-state index in [0.717, 1.165) is 0 Å². The average Bonchev–Trinajstić information content (AvgIpc) is 2.36. The molecule has 2 amide bonds. The van der Waals surface area contributed by atoms with Crippen molar-refractivity contribution < 1.29 is 14.3 Å². The average molecular weight is 307 g/mol. The molecule has 1 aliphatic rings. The number of piperazine rings is 1. The number of alkyl halides is 1. The maximum absolute atomic E-state index is 12.0. The van der Waals surface area contributed by atoms with Crippen molar-refractivity contribution in [3.05, 3.63) is 0 Å². The van der Waals surface area contributed by atoms with E-state index in [2.05, 4.69) is 20.7 Å². The van der Waals surface area contributed by atoms with Crippen LogP contribution in [0, 0.1) is 5.92 Å². The van der Waals surface area contributed by atoms with E-state index < -0.39 is 0 Å². The van der Waals surface area contributed by atoms with Crippen LogP contribution >= 0.6 is 15.9 Å². The van der Waals surface area contributed by atoms with Crippen LogP contribution in [0.5, 0.6) is 0 Å². The van der Waals surface area contributed by atoms with Gasteiger partial charge in [-0.1, -0.05) is 29.8 Å². The number of ether oxygens (including phenoxy) is 1. The molecule has 1 atom stereocenters. The largest absolute Gasteiger partial charge is 0.453 e. The number of nitrogens with zero attached hydrogens (tertiary/aromatic N) is 2. The Hall–Kier alpha value is -0.780. The van der Waals surface area contributed by atoms with Gasteiger partial charge in [0.15, 0.2) is 0 Å². The molecule has 1 aliphatic heterocycles. The van der Waals surface area contributed by atoms with Crippen molar-refractivity contribution >= 4 is 27.9 Å². The summed E-state index contributed by atoms with van der Waals surface area (Å²) >= 11 is 3.40. The summed E-state index contributed by atoms with van der Waals surface area (Å²) in [7, 11) is 1.37. The molecule has 0 radical (unpaired) electrons. The third-order valence-electron chi connectivity index (χ3n) is 2.85. The van der Waals surface area contributed by atoms with Crippen LogP contribution in [-0.4, -0.2) is 59.9 Å². The monoisotopic (exact) mass is 306 g/mol. The SMILES string of the molecule is COC(=O)N1CCN(C(=O)C(Br)C(C)C)CC1. The number of halogens is 1. The molecule has 1 rings (SSSR count). The molecule has 1 saturated heterocycles. The first-order valence-corrected chi connectivity index (χ1v) is 6.64. The van der Waals surface area contributed by atoms with Crippen molar-refractivity contribution in [1.82, 2.24) is 9.80 Å². The van der Waals surface area contributed by atoms with Crippen LogP contribution in [0.3, 0.4) is 0 Å². The Morgan fingerprint density at radius 1 is 1.12 bits per heavy atom. The lowest BCUT2D eigenvalue weighted by molar-refractivity contribution is -0.132. The molecular formula is C11H19BrN2O3. The summed E-state index contributed by atoms with van der Waals surface area (Å²) < 4.78 is 4.65. The zero-order valence-electron chi connectivity index (χ0n) is 10.5. The van der Waals surface area contributed by atoms with Crippen LogP contribution in [0.15, 0.2) is 0 Å². The van der Waals surface area contributed by atoms with Crippen molar-refractivity contribution in [2.75, 3.05) is 33.3 Å². The number of carbonyl (C=O) groups is 2. The first kappa shape index (κ1) is 14.3. The van der Waals surface area contributed by atoms with E-state index in [0.29, 0.717) is 26.2 Å². The van der Waals surface area contributed by atoms with Gasteiger partial charge in [0.1, 0.15) is 0 Å². The number of rotatable bonds is 2. The van der Waals surface area contributed by atoms with E-state index in [9.17, 15) is 9.59 Å². The predicted octanol–water partition coefficient (Wildman–Crippen LogP) is 1.32. The first-order chi connectivity index (χ1) is 7.97. The molecule has 0 spiro atoms. The predicted molar refractivity (Wildman–Crippen MR) is 68.1 cm³/mol. The molecule has 0 N–H and O–H groups in total. The Kier molecular flexibility index (Phi) is 5.24. The highest BCUT2D eigenvalue weighted by Gasteiger charge is 2.29. The van der Waals surface area contributed by atoms with Gasteiger partial charge in [0.2, 0.25) is 5.91 Å². The van der Waals surface area contributed by atoms with Crippen molar-refractivity contribution in [2.45, 2.75) is 18.7 Å². The van der Waals surface area contributed by atoms with Gasteiger partial charge in [0, 0.05) is 26.2 Å². The van der Waals surface area contributed by atoms with Crippen LogP contribution in [0.4, 0.5) is 4.79 Å². The number of amides is 2. The zero-order valence-corrected chi connectivity index (χ0v) is 12.1. The minimum absolute atomic E-state index is 0.101. The summed E-state index contributed by atoms with van der Waals surface area (Å²) in [6, 6.07) is 0. The molecule has 6 heteroatoms. The molecule has 5 nitrogen and oxygen atoms in total. The molecule has 0 bridgehead atoms. The molecule has 0 aromatic carbocycles. The minimum atomic E-state index is -0.323. The Balaban J connectivity index is 2.47. The highest BCUT2D eigenvalue weighted by Crippen LogP contribution is 2.16. The topological polar surface area (TPSA) is 49.9 Å². The van der Waals surface area contributed by atoms with Crippen LogP contribution in [0.2, 0.25) is 0 Å². The third-order valence-corrected chi connectivity index (χ3v) is 4.29. The number of methoxy groups -OCH3 is 1. The molecule has 98 valence electrons. The highest BCUT2D eigenvalue weighted by molar-refractivity contribution is 9.10. The maximum Gasteiger partial charge on any atom is 0.409 e. The quantitative estimate of drug-likeness (QED) is 0.723. The second-order valence-corrected chi connectivity index (χ2v) is 5.41. The fourth-order valence-electron chi connectivity index (χ4n) is 1.70. The Morgan fingerprint density at radius 2 is 1.59 bits per heavy atom. The van der Waals surface area contributed by atoms with Gasteiger partial charge >= 0.3 is 6.09 Å². The van der Waals surface area contributed by atoms with E-state index in [-0.39, 0.29) is 22.7 Å². The second-order valence-electron chi connectivity index (χ2n) is 4.43. The summed E-state index contributed by atoms with van der Waals surface area (Å²) in [4.78, 5) is 26.6. The summed E-state index contributed by atoms with van der Waals surface area (Å²) in [5.74, 6) is 0.366. The van der Waals surface area contributed by atoms with E-state index in [1.807, 2.05) is 13.8 Å². The molecule has 0 aromatic rings. The second kappa shape index (κ2) is 6.23. The van der Waals surface area contributed by atoms with E-state index in [4.69, 9.17) is 0 Å². The van der Waals surface area contributed by atoms with Crippen molar-refractivity contribution in [3.8, 4) is 0 Å². The fraction of sp³-hybridized carbons (Fsp3) is 0.818. The first-order valence-electron chi connectivity index (χ1n) is 5.73. The number of hydrogen-bond acceptors (Lipinski definition) is 3. The number of carbonyl (C=O) groups excluding carboxylic acids is 2. The van der Waals surface area contributed by atoms with Gasteiger partial charge in [-0.2, -0.15) is 0 Å². The normalized spacial score (nSPS) is 18.2. The standard InChI is InChI=1S/C11H19BrN2O3/c1-8(2)9(12)10(15)13-4-6-14(7-5-13)11(16)17-3/h8-9H,4-7H2,1-3H3. The smallest absolute Gasteiger partial charge is 0.409 e. The van der Waals surface area contributed by atoms with Gasteiger partial charge in [-0.05, 0) is 5.92 Å². The molecule has 0 aromatic heterocycles. The molecule has 0 saturated carbocycles. The van der Waals surface area contributed by atoms with Gasteiger partial charge in [-0.15, -0.1) is 0 Å². The lowest BCUT2D eigenvalue weighted by Crippen LogP contribution is -2.52. The lowest BCUT2D eigenvalue weighted by atomic mass is 10.1. The lowest BCUT2D eigenvalue weighted by Gasteiger charge is -2.35. The molecule has 1 heterocycles. The maximum atomic E-state index is 12.0. The van der Waals surface area contributed by atoms with Crippen LogP contribution in [0.25, 0.3) is 0 Å². The van der Waals surface area contributed by atoms with Gasteiger partial charge in [-0.25, -0.2) is 4.79 Å². The van der Waals surface area contributed by atoms with Crippen LogP contribution in [0.1, 0.15) is 13.8 Å². The summed E-state index contributed by atoms with van der Waals surface area (Å²) in [5, 5.41) is 0. The van der Waals surface area contributed by atoms with Gasteiger partial charge in [0.05, 0.1) is 11.9 Å². The van der Waals surface area contributed by atoms with Crippen LogP contribution < -0.4 is 0 Å².